The summed E-state index contributed by atoms with van der Waals surface area (Å²) < 4.78 is 0. The number of aromatic nitrogens is 4. The smallest absolute Gasteiger partial charge is 0.139 e. The maximum atomic E-state index is 9.57. The minimum absolute atomic E-state index is 0.454. The number of nitrogens with zero attached hydrogens (tertiary/aromatic N) is 2. The lowest BCUT2D eigenvalue weighted by molar-refractivity contribution is -0.108. The van der Waals surface area contributed by atoms with Crippen molar-refractivity contribution < 1.29 is 4.79 Å². The van der Waals surface area contributed by atoms with Gasteiger partial charge in [-0.15, -0.1) is 0 Å². The molecule has 4 aromatic rings. The quantitative estimate of drug-likeness (QED) is 0.304. The zero-order valence-electron chi connectivity index (χ0n) is 16.9. The number of H-pyrrole nitrogens is 2. The number of nitrogen functional groups attached to an aromatic ring is 1. The van der Waals surface area contributed by atoms with Crippen molar-refractivity contribution in [1.82, 2.24) is 19.9 Å². The number of hydrogen-bond donors (Lipinski definition) is 4. The van der Waals surface area contributed by atoms with Crippen LogP contribution in [-0.4, -0.2) is 32.8 Å². The lowest BCUT2D eigenvalue weighted by atomic mass is 10.2. The molecule has 0 atom stereocenters. The number of hydrogen-bond acceptors (Lipinski definition) is 5. The number of pyridine rings is 2. The van der Waals surface area contributed by atoms with Gasteiger partial charge in [-0.2, -0.15) is 0 Å². The molecule has 0 radical (unpaired) electrons. The molecule has 162 valence electrons. The molecule has 4 heterocycles. The van der Waals surface area contributed by atoms with E-state index in [2.05, 4.69) is 25.3 Å². The Kier molecular flexibility index (Phi) is 6.63. The fraction of sp³-hybridized carbons (Fsp3) is 0.318. The van der Waals surface area contributed by atoms with Gasteiger partial charge in [0.05, 0.1) is 33.8 Å². The Morgan fingerprint density at radius 3 is 2.19 bits per heavy atom. The van der Waals surface area contributed by atoms with Crippen LogP contribution in [0.3, 0.4) is 0 Å². The van der Waals surface area contributed by atoms with Gasteiger partial charge < -0.3 is 25.8 Å². The van der Waals surface area contributed by atoms with E-state index in [1.807, 2.05) is 18.3 Å². The van der Waals surface area contributed by atoms with E-state index < -0.39 is 0 Å². The van der Waals surface area contributed by atoms with Gasteiger partial charge in [-0.3, -0.25) is 0 Å². The first kappa shape index (κ1) is 21.5. The number of anilines is 2. The standard InChI is InChI=1S/C11H12ClN3.C7H6ClN3.C4H6O/c12-9-6-15-11-8(3-4-13-11)10(9)14-5-7-1-2-7;8-5-3-11-7-4(6(5)9)1-2-10-7;5-3-4-1-2-4/h3-4,6-7H,1-2,5H2,(H2,13,14,15);1-3H,(H3,9,10,11);3-4H,1-2H2. The van der Waals surface area contributed by atoms with Gasteiger partial charge in [-0.1, -0.05) is 23.2 Å². The zero-order valence-corrected chi connectivity index (χ0v) is 18.4. The monoisotopic (exact) mass is 458 g/mol. The molecule has 31 heavy (non-hydrogen) atoms. The average molecular weight is 459 g/mol. The van der Waals surface area contributed by atoms with E-state index in [4.69, 9.17) is 28.9 Å². The molecule has 0 aliphatic heterocycles. The van der Waals surface area contributed by atoms with Crippen molar-refractivity contribution in [1.29, 1.82) is 0 Å². The van der Waals surface area contributed by atoms with Gasteiger partial charge in [-0.25, -0.2) is 9.97 Å². The highest BCUT2D eigenvalue weighted by atomic mass is 35.5. The van der Waals surface area contributed by atoms with Crippen molar-refractivity contribution in [3.63, 3.8) is 0 Å². The molecule has 2 aliphatic carbocycles. The third-order valence-corrected chi connectivity index (χ3v) is 5.79. The van der Waals surface area contributed by atoms with Gasteiger partial charge in [-0.05, 0) is 43.7 Å². The molecule has 5 N–H and O–H groups in total. The summed E-state index contributed by atoms with van der Waals surface area (Å²) >= 11 is 11.9. The van der Waals surface area contributed by atoms with Gasteiger partial charge in [0, 0.05) is 35.6 Å². The molecule has 2 saturated carbocycles. The largest absolute Gasteiger partial charge is 0.397 e. The van der Waals surface area contributed by atoms with E-state index in [1.165, 1.54) is 19.0 Å². The summed E-state index contributed by atoms with van der Waals surface area (Å²) in [6.07, 6.45) is 12.9. The highest BCUT2D eigenvalue weighted by Gasteiger charge is 2.21. The molecule has 2 aliphatic rings. The third kappa shape index (κ3) is 5.48. The summed E-state index contributed by atoms with van der Waals surface area (Å²) in [4.78, 5) is 23.8. The lowest BCUT2D eigenvalue weighted by Gasteiger charge is -2.08. The molecule has 6 rings (SSSR count). The first-order valence-corrected chi connectivity index (χ1v) is 11.0. The molecule has 0 amide bonds. The van der Waals surface area contributed by atoms with Gasteiger partial charge in [0.15, 0.2) is 0 Å². The highest BCUT2D eigenvalue weighted by Crippen LogP contribution is 2.33. The molecule has 0 saturated heterocycles. The van der Waals surface area contributed by atoms with Crippen LogP contribution in [0.4, 0.5) is 11.4 Å². The summed E-state index contributed by atoms with van der Waals surface area (Å²) in [6, 6.07) is 3.85. The van der Waals surface area contributed by atoms with Crippen molar-refractivity contribution >= 4 is 62.9 Å². The molecule has 0 aromatic carbocycles. The summed E-state index contributed by atoms with van der Waals surface area (Å²) in [5, 5.41) is 6.55. The highest BCUT2D eigenvalue weighted by molar-refractivity contribution is 6.34. The van der Waals surface area contributed by atoms with Crippen molar-refractivity contribution in [3.8, 4) is 0 Å². The van der Waals surface area contributed by atoms with E-state index in [-0.39, 0.29) is 0 Å². The maximum absolute atomic E-state index is 9.57. The van der Waals surface area contributed by atoms with Crippen LogP contribution >= 0.6 is 23.2 Å². The van der Waals surface area contributed by atoms with Crippen LogP contribution in [-0.2, 0) is 4.79 Å². The van der Waals surface area contributed by atoms with Crippen LogP contribution in [0, 0.1) is 11.8 Å². The molecule has 0 bridgehead atoms. The first-order chi connectivity index (χ1) is 15.1. The second-order valence-corrected chi connectivity index (χ2v) is 8.59. The normalized spacial score (nSPS) is 15.0. The van der Waals surface area contributed by atoms with E-state index >= 15 is 0 Å². The fourth-order valence-electron chi connectivity index (χ4n) is 2.97. The van der Waals surface area contributed by atoms with Crippen LogP contribution in [0.5, 0.6) is 0 Å². The predicted octanol–water partition coefficient (Wildman–Crippen LogP) is 5.43. The van der Waals surface area contributed by atoms with Crippen molar-refractivity contribution in [2.75, 3.05) is 17.6 Å². The van der Waals surface area contributed by atoms with Gasteiger partial charge in [0.1, 0.15) is 17.6 Å². The minimum atomic E-state index is 0.454. The van der Waals surface area contributed by atoms with Gasteiger partial charge in [0.2, 0.25) is 0 Å². The Morgan fingerprint density at radius 1 is 1.00 bits per heavy atom. The number of aromatic amines is 2. The Bertz CT molecular complexity index is 1180. The number of aldehydes is 1. The Labute approximate surface area is 189 Å². The van der Waals surface area contributed by atoms with Crippen molar-refractivity contribution in [2.24, 2.45) is 11.8 Å². The van der Waals surface area contributed by atoms with Crippen molar-refractivity contribution in [2.45, 2.75) is 25.7 Å². The average Bonchev–Trinajstić information content (AvgIpc) is 3.69. The first-order valence-electron chi connectivity index (χ1n) is 10.2. The Morgan fingerprint density at radius 2 is 1.61 bits per heavy atom. The minimum Gasteiger partial charge on any atom is -0.397 e. The van der Waals surface area contributed by atoms with Crippen LogP contribution in [0.1, 0.15) is 25.7 Å². The fourth-order valence-corrected chi connectivity index (χ4v) is 3.34. The van der Waals surface area contributed by atoms with Crippen LogP contribution < -0.4 is 11.1 Å². The lowest BCUT2D eigenvalue weighted by Crippen LogP contribution is -2.04. The number of rotatable bonds is 4. The third-order valence-electron chi connectivity index (χ3n) is 5.20. The predicted molar refractivity (Wildman–Crippen MR) is 127 cm³/mol. The molecule has 0 spiro atoms. The number of nitrogens with one attached hydrogen (secondary N) is 3. The molecular formula is C22H24Cl2N6O. The summed E-state index contributed by atoms with van der Waals surface area (Å²) in [6.45, 7) is 1.02. The number of fused-ring (bicyclic) bond motifs is 2. The number of carbonyl (C=O) groups excluding carboxylic acids is 1. The van der Waals surface area contributed by atoms with E-state index in [1.54, 1.807) is 12.4 Å². The number of carbonyl (C=O) groups is 1. The molecule has 2 fully saturated rings. The summed E-state index contributed by atoms with van der Waals surface area (Å²) in [5.41, 5.74) is 8.92. The van der Waals surface area contributed by atoms with Gasteiger partial charge in [0.25, 0.3) is 0 Å². The topological polar surface area (TPSA) is 112 Å². The van der Waals surface area contributed by atoms with E-state index in [0.29, 0.717) is 21.7 Å². The second kappa shape index (κ2) is 9.58. The van der Waals surface area contributed by atoms with E-state index in [0.717, 1.165) is 59.3 Å². The van der Waals surface area contributed by atoms with Crippen LogP contribution in [0.2, 0.25) is 10.0 Å². The molecule has 4 aromatic heterocycles. The molecule has 9 heteroatoms. The second-order valence-electron chi connectivity index (χ2n) is 7.78. The molecule has 7 nitrogen and oxygen atoms in total. The zero-order chi connectivity index (χ0) is 21.8. The Hall–Kier alpha value is -2.77. The van der Waals surface area contributed by atoms with Gasteiger partial charge >= 0.3 is 0 Å². The van der Waals surface area contributed by atoms with Crippen LogP contribution in [0.15, 0.2) is 36.9 Å². The molecule has 0 unspecified atom stereocenters. The summed E-state index contributed by atoms with van der Waals surface area (Å²) in [5.74, 6) is 1.29. The van der Waals surface area contributed by atoms with Crippen LogP contribution in [0.25, 0.3) is 22.1 Å². The summed E-state index contributed by atoms with van der Waals surface area (Å²) in [7, 11) is 0. The van der Waals surface area contributed by atoms with E-state index in [9.17, 15) is 4.79 Å². The number of halogens is 2. The van der Waals surface area contributed by atoms with Crippen molar-refractivity contribution in [3.05, 3.63) is 47.0 Å². The Balaban J connectivity index is 0.000000126. The maximum Gasteiger partial charge on any atom is 0.139 e. The molecular weight excluding hydrogens is 435 g/mol. The SMILES string of the molecule is Clc1cnc2[nH]ccc2c1NCC1CC1.Nc1c(Cl)cnc2[nH]ccc12.O=CC1CC1. The number of nitrogens with two attached hydrogens (primary N) is 1.